The highest BCUT2D eigenvalue weighted by Gasteiger charge is 2.23. The lowest BCUT2D eigenvalue weighted by Gasteiger charge is -2.30. The summed E-state index contributed by atoms with van der Waals surface area (Å²) in [6.07, 6.45) is 1.25. The molecule has 1 aromatic rings. The van der Waals surface area contributed by atoms with E-state index in [1.165, 1.54) is 0 Å². The summed E-state index contributed by atoms with van der Waals surface area (Å²) < 4.78 is 0. The van der Waals surface area contributed by atoms with E-state index >= 15 is 0 Å². The average molecular weight is 254 g/mol. The molecule has 17 heavy (non-hydrogen) atoms. The van der Waals surface area contributed by atoms with Crippen LogP contribution in [0.1, 0.15) is 28.8 Å². The monoisotopic (exact) mass is 253 g/mol. The Balaban J connectivity index is 2.18. The fourth-order valence-electron chi connectivity index (χ4n) is 2.18. The zero-order chi connectivity index (χ0) is 12.4. The van der Waals surface area contributed by atoms with Crippen LogP contribution in [0.3, 0.4) is 0 Å². The van der Waals surface area contributed by atoms with Crippen LogP contribution in [0, 0.1) is 6.92 Å². The fourth-order valence-corrected chi connectivity index (χ4v) is 2.40. The van der Waals surface area contributed by atoms with Gasteiger partial charge in [0.1, 0.15) is 0 Å². The summed E-state index contributed by atoms with van der Waals surface area (Å²) in [6, 6.07) is 5.26. The van der Waals surface area contributed by atoms with Gasteiger partial charge in [0.05, 0.1) is 6.10 Å². The largest absolute Gasteiger partial charge is 0.391 e. The Morgan fingerprint density at radius 3 is 2.94 bits per heavy atom. The normalized spacial score (nSPS) is 20.4. The highest BCUT2D eigenvalue weighted by Crippen LogP contribution is 2.19. The molecule has 92 valence electrons. The number of carbonyl (C=O) groups excluding carboxylic acids is 1. The molecule has 1 aliphatic rings. The van der Waals surface area contributed by atoms with Crippen molar-refractivity contribution in [2.45, 2.75) is 25.9 Å². The second kappa shape index (κ2) is 5.07. The Kier molecular flexibility index (Phi) is 3.69. The maximum atomic E-state index is 12.2. The van der Waals surface area contributed by atoms with Gasteiger partial charge in [-0.05, 0) is 43.5 Å². The Hall–Kier alpha value is -1.06. The highest BCUT2D eigenvalue weighted by atomic mass is 35.5. The summed E-state index contributed by atoms with van der Waals surface area (Å²) in [7, 11) is 0. The standard InChI is InChI=1S/C13H16ClNO2/c1-9-7-10(14)4-5-12(9)13(17)15-6-2-3-11(16)8-15/h4-5,7,11,16H,2-3,6,8H2,1H3. The Bertz CT molecular complexity index is 433. The molecule has 0 saturated carbocycles. The number of aryl methyl sites for hydroxylation is 1. The van der Waals surface area contributed by atoms with Crippen molar-refractivity contribution in [1.29, 1.82) is 0 Å². The first kappa shape index (κ1) is 12.4. The molecule has 3 nitrogen and oxygen atoms in total. The van der Waals surface area contributed by atoms with Crippen molar-refractivity contribution in [3.05, 3.63) is 34.3 Å². The van der Waals surface area contributed by atoms with Gasteiger partial charge in [-0.3, -0.25) is 4.79 Å². The molecule has 1 fully saturated rings. The number of halogens is 1. The Morgan fingerprint density at radius 2 is 2.29 bits per heavy atom. The molecule has 1 unspecified atom stereocenters. The zero-order valence-electron chi connectivity index (χ0n) is 9.82. The van der Waals surface area contributed by atoms with E-state index in [1.807, 2.05) is 6.92 Å². The van der Waals surface area contributed by atoms with Crippen molar-refractivity contribution in [3.8, 4) is 0 Å². The number of nitrogens with zero attached hydrogens (tertiary/aromatic N) is 1. The van der Waals surface area contributed by atoms with E-state index in [4.69, 9.17) is 11.6 Å². The van der Waals surface area contributed by atoms with Gasteiger partial charge >= 0.3 is 0 Å². The van der Waals surface area contributed by atoms with Crippen LogP contribution in [0.25, 0.3) is 0 Å². The van der Waals surface area contributed by atoms with E-state index in [9.17, 15) is 9.90 Å². The third-order valence-electron chi connectivity index (χ3n) is 3.10. The molecule has 0 aliphatic carbocycles. The topological polar surface area (TPSA) is 40.5 Å². The molecule has 1 aliphatic heterocycles. The second-order valence-electron chi connectivity index (χ2n) is 4.51. The van der Waals surface area contributed by atoms with Crippen molar-refractivity contribution in [1.82, 2.24) is 4.90 Å². The van der Waals surface area contributed by atoms with Crippen molar-refractivity contribution in [2.24, 2.45) is 0 Å². The van der Waals surface area contributed by atoms with Crippen LogP contribution in [0.15, 0.2) is 18.2 Å². The maximum Gasteiger partial charge on any atom is 0.254 e. The van der Waals surface area contributed by atoms with Crippen LogP contribution < -0.4 is 0 Å². The van der Waals surface area contributed by atoms with Crippen LogP contribution in [0.2, 0.25) is 5.02 Å². The van der Waals surface area contributed by atoms with Gasteiger partial charge in [0.25, 0.3) is 5.91 Å². The third kappa shape index (κ3) is 2.79. The minimum Gasteiger partial charge on any atom is -0.391 e. The number of hydrogen-bond donors (Lipinski definition) is 1. The van der Waals surface area contributed by atoms with Gasteiger partial charge in [0.2, 0.25) is 0 Å². The lowest BCUT2D eigenvalue weighted by Crippen LogP contribution is -2.42. The lowest BCUT2D eigenvalue weighted by atomic mass is 10.0. The molecule has 0 bridgehead atoms. The number of carbonyl (C=O) groups is 1. The van der Waals surface area contributed by atoms with Gasteiger partial charge in [0, 0.05) is 23.7 Å². The van der Waals surface area contributed by atoms with E-state index in [0.717, 1.165) is 24.9 Å². The lowest BCUT2D eigenvalue weighted by molar-refractivity contribution is 0.0473. The number of likely N-dealkylation sites (tertiary alicyclic amines) is 1. The number of piperidine rings is 1. The molecule has 0 spiro atoms. The van der Waals surface area contributed by atoms with E-state index in [0.29, 0.717) is 17.1 Å². The predicted molar refractivity (Wildman–Crippen MR) is 67.3 cm³/mol. The highest BCUT2D eigenvalue weighted by molar-refractivity contribution is 6.30. The second-order valence-corrected chi connectivity index (χ2v) is 4.94. The number of rotatable bonds is 1. The van der Waals surface area contributed by atoms with Crippen LogP contribution in [0.5, 0.6) is 0 Å². The van der Waals surface area contributed by atoms with Crippen LogP contribution in [0.4, 0.5) is 0 Å². The van der Waals surface area contributed by atoms with Crippen molar-refractivity contribution in [2.75, 3.05) is 13.1 Å². The smallest absolute Gasteiger partial charge is 0.254 e. The number of amides is 1. The van der Waals surface area contributed by atoms with E-state index in [1.54, 1.807) is 23.1 Å². The Morgan fingerprint density at radius 1 is 1.53 bits per heavy atom. The summed E-state index contributed by atoms with van der Waals surface area (Å²) in [5, 5.41) is 10.2. The number of β-amino-alcohol motifs (C(OH)–C–C–N with tert-alkyl or cyclic N) is 1. The van der Waals surface area contributed by atoms with Crippen molar-refractivity contribution < 1.29 is 9.90 Å². The molecule has 1 heterocycles. The number of aliphatic hydroxyl groups is 1. The fraction of sp³-hybridized carbons (Fsp3) is 0.462. The molecule has 1 N–H and O–H groups in total. The van der Waals surface area contributed by atoms with E-state index in [2.05, 4.69) is 0 Å². The van der Waals surface area contributed by atoms with Gasteiger partial charge in [-0.25, -0.2) is 0 Å². The molecule has 2 rings (SSSR count). The summed E-state index contributed by atoms with van der Waals surface area (Å²) >= 11 is 5.87. The first-order chi connectivity index (χ1) is 8.08. The van der Waals surface area contributed by atoms with Crippen molar-refractivity contribution >= 4 is 17.5 Å². The first-order valence-corrected chi connectivity index (χ1v) is 6.19. The summed E-state index contributed by atoms with van der Waals surface area (Å²) in [5.41, 5.74) is 1.55. The number of hydrogen-bond acceptors (Lipinski definition) is 2. The SMILES string of the molecule is Cc1cc(Cl)ccc1C(=O)N1CCCC(O)C1. The van der Waals surface area contributed by atoms with E-state index in [-0.39, 0.29) is 12.0 Å². The minimum atomic E-state index is -0.389. The van der Waals surface area contributed by atoms with Crippen LogP contribution in [-0.2, 0) is 0 Å². The summed E-state index contributed by atoms with van der Waals surface area (Å²) in [4.78, 5) is 14.0. The first-order valence-electron chi connectivity index (χ1n) is 5.81. The predicted octanol–water partition coefficient (Wildman–Crippen LogP) is 2.25. The van der Waals surface area contributed by atoms with Crippen molar-refractivity contribution in [3.63, 3.8) is 0 Å². The maximum absolute atomic E-state index is 12.2. The van der Waals surface area contributed by atoms with Gasteiger partial charge < -0.3 is 10.0 Å². The molecule has 4 heteroatoms. The van der Waals surface area contributed by atoms with E-state index < -0.39 is 0 Å². The third-order valence-corrected chi connectivity index (χ3v) is 3.34. The summed E-state index contributed by atoms with van der Waals surface area (Å²) in [5.74, 6) is -0.0158. The zero-order valence-corrected chi connectivity index (χ0v) is 10.6. The molecule has 1 saturated heterocycles. The quantitative estimate of drug-likeness (QED) is 0.834. The minimum absolute atomic E-state index is 0.0158. The number of benzene rings is 1. The van der Waals surface area contributed by atoms with Gasteiger partial charge in [-0.1, -0.05) is 11.6 Å². The summed E-state index contributed by atoms with van der Waals surface area (Å²) in [6.45, 7) is 3.03. The van der Waals surface area contributed by atoms with Gasteiger partial charge in [0.15, 0.2) is 0 Å². The molecule has 1 amide bonds. The molecule has 0 aromatic heterocycles. The number of aliphatic hydroxyl groups excluding tert-OH is 1. The van der Waals surface area contributed by atoms with Crippen LogP contribution >= 0.6 is 11.6 Å². The van der Waals surface area contributed by atoms with Crippen LogP contribution in [-0.4, -0.2) is 35.1 Å². The molecule has 0 radical (unpaired) electrons. The molecular formula is C13H16ClNO2. The van der Waals surface area contributed by atoms with Gasteiger partial charge in [-0.15, -0.1) is 0 Å². The Labute approximate surface area is 106 Å². The van der Waals surface area contributed by atoms with Gasteiger partial charge in [-0.2, -0.15) is 0 Å². The molecular weight excluding hydrogens is 238 g/mol. The average Bonchev–Trinajstić information content (AvgIpc) is 2.28. The molecule has 1 atom stereocenters. The molecule has 1 aromatic carbocycles.